The van der Waals surface area contributed by atoms with Gasteiger partial charge in [0.15, 0.2) is 17.3 Å². The van der Waals surface area contributed by atoms with Crippen molar-refractivity contribution in [3.63, 3.8) is 0 Å². The zero-order chi connectivity index (χ0) is 22.4. The Balaban J connectivity index is 1.58. The van der Waals surface area contributed by atoms with Crippen LogP contribution >= 0.6 is 11.6 Å². The first-order valence-corrected chi connectivity index (χ1v) is 10.1. The van der Waals surface area contributed by atoms with Crippen LogP contribution in [0.2, 0.25) is 5.02 Å². The summed E-state index contributed by atoms with van der Waals surface area (Å²) in [4.78, 5) is 38.9. The molecule has 1 aliphatic rings. The number of fused-ring (bicyclic) bond motifs is 2. The van der Waals surface area contributed by atoms with Crippen molar-refractivity contribution in [3.8, 4) is 5.69 Å². The van der Waals surface area contributed by atoms with Crippen molar-refractivity contribution in [1.29, 1.82) is 0 Å². The molecule has 0 radical (unpaired) electrons. The summed E-state index contributed by atoms with van der Waals surface area (Å²) in [5.41, 5.74) is 2.19. The summed E-state index contributed by atoms with van der Waals surface area (Å²) in [6.45, 7) is 1.70. The molecular weight excluding hydrogens is 428 g/mol. The van der Waals surface area contributed by atoms with Crippen molar-refractivity contribution in [2.24, 2.45) is 10.2 Å². The van der Waals surface area contributed by atoms with E-state index >= 15 is 0 Å². The Kier molecular flexibility index (Phi) is 4.68. The summed E-state index contributed by atoms with van der Waals surface area (Å²) in [6.07, 6.45) is 0. The number of H-pyrrole nitrogens is 1. The smallest absolute Gasteiger partial charge is 0.293 e. The molecule has 0 atom stereocenters. The Labute approximate surface area is 187 Å². The number of halogens is 1. The van der Waals surface area contributed by atoms with Crippen LogP contribution in [0.1, 0.15) is 37.5 Å². The van der Waals surface area contributed by atoms with Crippen LogP contribution in [0.15, 0.2) is 81.8 Å². The first-order valence-electron chi connectivity index (χ1n) is 9.76. The van der Waals surface area contributed by atoms with Crippen molar-refractivity contribution >= 4 is 34.5 Å². The van der Waals surface area contributed by atoms with E-state index in [-0.39, 0.29) is 34.1 Å². The van der Waals surface area contributed by atoms with E-state index in [1.807, 2.05) is 0 Å². The fourth-order valence-corrected chi connectivity index (χ4v) is 3.87. The fourth-order valence-electron chi connectivity index (χ4n) is 3.74. The van der Waals surface area contributed by atoms with E-state index < -0.39 is 5.56 Å². The first kappa shape index (κ1) is 19.8. The molecule has 32 heavy (non-hydrogen) atoms. The van der Waals surface area contributed by atoms with Crippen LogP contribution in [0.5, 0.6) is 0 Å². The maximum absolute atomic E-state index is 13.1. The molecule has 0 saturated carbocycles. The highest BCUT2D eigenvalue weighted by Crippen LogP contribution is 2.34. The molecule has 5 rings (SSSR count). The summed E-state index contributed by atoms with van der Waals surface area (Å²) >= 11 is 5.92. The van der Waals surface area contributed by atoms with E-state index in [4.69, 9.17) is 11.6 Å². The predicted molar refractivity (Wildman–Crippen MR) is 120 cm³/mol. The molecule has 0 spiro atoms. The van der Waals surface area contributed by atoms with Crippen molar-refractivity contribution in [3.05, 3.63) is 110 Å². The van der Waals surface area contributed by atoms with E-state index in [1.54, 1.807) is 73.7 Å². The maximum atomic E-state index is 13.1. The van der Waals surface area contributed by atoms with Crippen LogP contribution in [-0.2, 0) is 0 Å². The molecular formula is C24H15ClN4O3. The lowest BCUT2D eigenvalue weighted by Crippen LogP contribution is -2.20. The Bertz CT molecular complexity index is 1500. The number of aromatic amines is 1. The predicted octanol–water partition coefficient (Wildman–Crippen LogP) is 5.32. The minimum atomic E-state index is -0.397. The average Bonchev–Trinajstić information content (AvgIpc) is 3.09. The highest BCUT2D eigenvalue weighted by atomic mass is 35.5. The van der Waals surface area contributed by atoms with Crippen LogP contribution in [0.25, 0.3) is 5.69 Å². The van der Waals surface area contributed by atoms with Crippen LogP contribution in [0.4, 0.5) is 11.4 Å². The number of nitrogens with one attached hydrogen (secondary N) is 1. The molecule has 4 aromatic rings. The number of ketones is 2. The second-order valence-corrected chi connectivity index (χ2v) is 7.74. The van der Waals surface area contributed by atoms with Gasteiger partial charge in [-0.1, -0.05) is 48.0 Å². The molecule has 156 valence electrons. The van der Waals surface area contributed by atoms with Crippen LogP contribution in [0, 0.1) is 6.92 Å². The minimum absolute atomic E-state index is 0.104. The number of carbonyl (C=O) groups is 2. The van der Waals surface area contributed by atoms with Gasteiger partial charge in [-0.15, -0.1) is 10.2 Å². The first-order chi connectivity index (χ1) is 15.5. The van der Waals surface area contributed by atoms with E-state index in [1.165, 1.54) is 4.68 Å². The Morgan fingerprint density at radius 2 is 1.44 bits per heavy atom. The lowest BCUT2D eigenvalue weighted by molar-refractivity contribution is 0.0979. The molecule has 0 unspecified atom stereocenters. The number of aromatic nitrogens is 2. The second-order valence-electron chi connectivity index (χ2n) is 7.31. The van der Waals surface area contributed by atoms with Gasteiger partial charge in [0, 0.05) is 21.7 Å². The lowest BCUT2D eigenvalue weighted by Gasteiger charge is -2.18. The Morgan fingerprint density at radius 3 is 2.16 bits per heavy atom. The third-order valence-electron chi connectivity index (χ3n) is 5.31. The zero-order valence-corrected chi connectivity index (χ0v) is 17.6. The molecule has 0 fully saturated rings. The van der Waals surface area contributed by atoms with E-state index in [2.05, 4.69) is 15.3 Å². The molecule has 0 saturated heterocycles. The van der Waals surface area contributed by atoms with Gasteiger partial charge >= 0.3 is 0 Å². The monoisotopic (exact) mass is 442 g/mol. The second kappa shape index (κ2) is 7.55. The van der Waals surface area contributed by atoms with Crippen molar-refractivity contribution in [1.82, 2.24) is 9.78 Å². The van der Waals surface area contributed by atoms with Crippen molar-refractivity contribution < 1.29 is 9.59 Å². The molecule has 1 N–H and O–H groups in total. The minimum Gasteiger partial charge on any atom is -0.293 e. The lowest BCUT2D eigenvalue weighted by atomic mass is 9.83. The molecule has 0 bridgehead atoms. The number of aryl methyl sites for hydroxylation is 1. The Hall–Kier alpha value is -4.10. The Morgan fingerprint density at radius 1 is 0.781 bits per heavy atom. The third kappa shape index (κ3) is 3.11. The number of benzene rings is 3. The normalized spacial score (nSPS) is 12.8. The van der Waals surface area contributed by atoms with Gasteiger partial charge in [-0.25, -0.2) is 4.68 Å². The third-order valence-corrected chi connectivity index (χ3v) is 5.57. The molecule has 0 aliphatic heterocycles. The molecule has 3 aromatic carbocycles. The van der Waals surface area contributed by atoms with Gasteiger partial charge in [0.1, 0.15) is 0 Å². The van der Waals surface area contributed by atoms with Gasteiger partial charge in [0.05, 0.1) is 22.6 Å². The highest BCUT2D eigenvalue weighted by molar-refractivity contribution is 6.30. The van der Waals surface area contributed by atoms with Crippen LogP contribution in [0.3, 0.4) is 0 Å². The summed E-state index contributed by atoms with van der Waals surface area (Å²) in [7, 11) is 0. The van der Waals surface area contributed by atoms with Gasteiger partial charge in [-0.3, -0.25) is 19.5 Å². The summed E-state index contributed by atoms with van der Waals surface area (Å²) < 4.78 is 1.34. The largest absolute Gasteiger partial charge is 0.299 e. The average molecular weight is 443 g/mol. The highest BCUT2D eigenvalue weighted by Gasteiger charge is 2.31. The van der Waals surface area contributed by atoms with Gasteiger partial charge in [-0.2, -0.15) is 0 Å². The number of carbonyl (C=O) groups excluding carboxylic acids is 2. The number of rotatable bonds is 3. The summed E-state index contributed by atoms with van der Waals surface area (Å²) in [6, 6.07) is 18.3. The number of azo groups is 1. The molecule has 1 heterocycles. The van der Waals surface area contributed by atoms with E-state index in [9.17, 15) is 14.4 Å². The summed E-state index contributed by atoms with van der Waals surface area (Å²) in [5.74, 6) is -0.538. The molecule has 0 amide bonds. The van der Waals surface area contributed by atoms with E-state index in [0.29, 0.717) is 27.5 Å². The fraction of sp³-hybridized carbons (Fsp3) is 0.0417. The molecule has 1 aromatic heterocycles. The molecule has 1 aliphatic carbocycles. The quantitative estimate of drug-likeness (QED) is 0.383. The van der Waals surface area contributed by atoms with Crippen molar-refractivity contribution in [2.75, 3.05) is 0 Å². The SMILES string of the molecule is Cc1[nH]n(-c2ccc(Cl)cc2)c(=O)c1N=Nc1cccc2c1C(=O)c1ccccc1C2=O. The van der Waals surface area contributed by atoms with Gasteiger partial charge in [0.2, 0.25) is 0 Å². The van der Waals surface area contributed by atoms with Crippen molar-refractivity contribution in [2.45, 2.75) is 6.92 Å². The topological polar surface area (TPSA) is 96.7 Å². The standard InChI is InChI=1S/C24H15ClN4O3/c1-13-21(24(32)29(28-13)15-11-9-14(25)10-12-15)27-26-19-8-4-7-18-20(19)23(31)17-6-3-2-5-16(17)22(18)30/h2-12,28H,1H3. The van der Waals surface area contributed by atoms with E-state index in [0.717, 1.165) is 0 Å². The van der Waals surface area contributed by atoms with Crippen LogP contribution in [-0.4, -0.2) is 21.3 Å². The van der Waals surface area contributed by atoms with Gasteiger partial charge < -0.3 is 0 Å². The van der Waals surface area contributed by atoms with Gasteiger partial charge in [-0.05, 0) is 37.3 Å². The summed E-state index contributed by atoms with van der Waals surface area (Å²) in [5, 5.41) is 11.8. The zero-order valence-electron chi connectivity index (χ0n) is 16.8. The van der Waals surface area contributed by atoms with Crippen LogP contribution < -0.4 is 5.56 Å². The number of nitrogens with zero attached hydrogens (tertiary/aromatic N) is 3. The molecule has 7 nitrogen and oxygen atoms in total. The maximum Gasteiger partial charge on any atom is 0.299 e. The number of hydrogen-bond donors (Lipinski definition) is 1. The number of hydrogen-bond acceptors (Lipinski definition) is 5. The van der Waals surface area contributed by atoms with Gasteiger partial charge in [0.25, 0.3) is 5.56 Å². The molecule has 8 heteroatoms.